The molecule has 0 spiro atoms. The third-order valence-corrected chi connectivity index (χ3v) is 3.52. The fraction of sp³-hybridized carbons (Fsp3) is 0.571. The van der Waals surface area contributed by atoms with Crippen LogP contribution in [0.15, 0.2) is 12.3 Å². The van der Waals surface area contributed by atoms with Crippen molar-refractivity contribution in [3.05, 3.63) is 22.8 Å². The molecule has 2 heterocycles. The van der Waals surface area contributed by atoms with Crippen LogP contribution in [-0.2, 0) is 0 Å². The van der Waals surface area contributed by atoms with Gasteiger partial charge in [-0.25, -0.2) is 4.98 Å². The minimum absolute atomic E-state index is 0.0125. The van der Waals surface area contributed by atoms with Crippen LogP contribution in [0.1, 0.15) is 37.0 Å². The van der Waals surface area contributed by atoms with E-state index in [2.05, 4.69) is 4.98 Å². The summed E-state index contributed by atoms with van der Waals surface area (Å²) < 4.78 is 5.44. The predicted octanol–water partition coefficient (Wildman–Crippen LogP) is 2.12. The highest BCUT2D eigenvalue weighted by atomic mass is 35.5. The average molecular weight is 299 g/mol. The highest BCUT2D eigenvalue weighted by Crippen LogP contribution is 2.26. The lowest BCUT2D eigenvalue weighted by Gasteiger charge is -2.23. The van der Waals surface area contributed by atoms with E-state index in [1.807, 2.05) is 13.8 Å². The first-order chi connectivity index (χ1) is 9.52. The first kappa shape index (κ1) is 15.1. The molecule has 0 aliphatic carbocycles. The predicted molar refractivity (Wildman–Crippen MR) is 76.2 cm³/mol. The first-order valence-electron chi connectivity index (χ1n) is 6.77. The summed E-state index contributed by atoms with van der Waals surface area (Å²) in [6.07, 6.45) is 3.18. The van der Waals surface area contributed by atoms with Gasteiger partial charge in [-0.2, -0.15) is 0 Å². The molecular weight excluding hydrogens is 280 g/mol. The van der Waals surface area contributed by atoms with Crippen LogP contribution < -0.4 is 4.74 Å². The molecule has 1 atom stereocenters. The van der Waals surface area contributed by atoms with Crippen molar-refractivity contribution in [2.45, 2.75) is 38.8 Å². The second kappa shape index (κ2) is 6.41. The molecule has 0 bridgehead atoms. The molecule has 1 N–H and O–H groups in total. The van der Waals surface area contributed by atoms with E-state index in [0.29, 0.717) is 23.0 Å². The van der Waals surface area contributed by atoms with Crippen LogP contribution in [0, 0.1) is 0 Å². The zero-order valence-electron chi connectivity index (χ0n) is 11.7. The highest BCUT2D eigenvalue weighted by molar-refractivity contribution is 6.32. The maximum atomic E-state index is 12.4. The normalized spacial score (nSPS) is 18.6. The summed E-state index contributed by atoms with van der Waals surface area (Å²) in [5, 5.41) is 9.60. The second-order valence-electron chi connectivity index (χ2n) is 5.15. The molecule has 1 amide bonds. The maximum absolute atomic E-state index is 12.4. The second-order valence-corrected chi connectivity index (χ2v) is 5.56. The Bertz CT molecular complexity index is 493. The Morgan fingerprint density at radius 2 is 2.40 bits per heavy atom. The van der Waals surface area contributed by atoms with Crippen LogP contribution in [0.25, 0.3) is 0 Å². The van der Waals surface area contributed by atoms with Crippen molar-refractivity contribution in [1.82, 2.24) is 9.88 Å². The molecule has 2 rings (SSSR count). The van der Waals surface area contributed by atoms with Crippen LogP contribution in [0.4, 0.5) is 0 Å². The zero-order chi connectivity index (χ0) is 14.7. The number of amides is 1. The number of halogens is 1. The Labute approximate surface area is 123 Å². The number of rotatable bonds is 4. The van der Waals surface area contributed by atoms with Crippen molar-refractivity contribution in [2.24, 2.45) is 0 Å². The molecule has 0 saturated carbocycles. The number of hydrogen-bond acceptors (Lipinski definition) is 4. The lowest BCUT2D eigenvalue weighted by Crippen LogP contribution is -2.37. The van der Waals surface area contributed by atoms with Gasteiger partial charge in [0.1, 0.15) is 5.02 Å². The van der Waals surface area contributed by atoms with Gasteiger partial charge in [-0.3, -0.25) is 4.79 Å². The van der Waals surface area contributed by atoms with Crippen LogP contribution in [0.2, 0.25) is 5.02 Å². The number of pyridine rings is 1. The van der Waals surface area contributed by atoms with Crippen molar-refractivity contribution in [3.63, 3.8) is 0 Å². The lowest BCUT2D eigenvalue weighted by molar-refractivity contribution is 0.0677. The molecule has 1 aliphatic heterocycles. The Morgan fingerprint density at radius 3 is 3.00 bits per heavy atom. The van der Waals surface area contributed by atoms with E-state index in [1.165, 1.54) is 6.20 Å². The Kier molecular flexibility index (Phi) is 4.83. The van der Waals surface area contributed by atoms with E-state index in [-0.39, 0.29) is 24.7 Å². The molecule has 110 valence electrons. The highest BCUT2D eigenvalue weighted by Gasteiger charge is 2.29. The molecule has 1 aliphatic rings. The molecular formula is C14H19ClN2O3. The fourth-order valence-corrected chi connectivity index (χ4v) is 2.52. The van der Waals surface area contributed by atoms with E-state index < -0.39 is 0 Å². The van der Waals surface area contributed by atoms with Gasteiger partial charge >= 0.3 is 0 Å². The number of carbonyl (C=O) groups excluding carboxylic acids is 1. The zero-order valence-corrected chi connectivity index (χ0v) is 12.4. The number of likely N-dealkylation sites (tertiary alicyclic amines) is 1. The van der Waals surface area contributed by atoms with Crippen molar-refractivity contribution >= 4 is 17.5 Å². The summed E-state index contributed by atoms with van der Waals surface area (Å²) in [5.74, 6) is 0.186. The molecule has 1 saturated heterocycles. The van der Waals surface area contributed by atoms with Crippen LogP contribution in [-0.4, -0.2) is 46.2 Å². The van der Waals surface area contributed by atoms with E-state index in [1.54, 1.807) is 11.0 Å². The summed E-state index contributed by atoms with van der Waals surface area (Å²) >= 11 is 6.09. The lowest BCUT2D eigenvalue weighted by atomic mass is 10.2. The van der Waals surface area contributed by atoms with Crippen LogP contribution >= 0.6 is 11.6 Å². The third-order valence-electron chi connectivity index (χ3n) is 3.25. The van der Waals surface area contributed by atoms with E-state index in [0.717, 1.165) is 12.8 Å². The number of aliphatic hydroxyl groups excluding tert-OH is 1. The number of carbonyl (C=O) groups is 1. The Hall–Kier alpha value is -1.33. The summed E-state index contributed by atoms with van der Waals surface area (Å²) in [6, 6.07) is 1.47. The number of ether oxygens (including phenoxy) is 1. The van der Waals surface area contributed by atoms with Crippen molar-refractivity contribution in [3.8, 4) is 5.88 Å². The molecule has 0 aromatic carbocycles. The minimum atomic E-state index is -0.146. The Morgan fingerprint density at radius 1 is 1.65 bits per heavy atom. The molecule has 20 heavy (non-hydrogen) atoms. The van der Waals surface area contributed by atoms with Gasteiger partial charge in [0.25, 0.3) is 5.91 Å². The van der Waals surface area contributed by atoms with Gasteiger partial charge in [0, 0.05) is 12.7 Å². The number of hydrogen-bond donors (Lipinski definition) is 1. The maximum Gasteiger partial charge on any atom is 0.255 e. The molecule has 6 heteroatoms. The van der Waals surface area contributed by atoms with E-state index >= 15 is 0 Å². The quantitative estimate of drug-likeness (QED) is 0.925. The molecule has 1 aromatic rings. The largest absolute Gasteiger partial charge is 0.474 e. The van der Waals surface area contributed by atoms with Crippen LogP contribution in [0.3, 0.4) is 0 Å². The number of aliphatic hydroxyl groups is 1. The molecule has 0 unspecified atom stereocenters. The van der Waals surface area contributed by atoms with E-state index in [4.69, 9.17) is 16.3 Å². The summed E-state index contributed by atoms with van der Waals surface area (Å²) in [5.41, 5.74) is 0.423. The van der Waals surface area contributed by atoms with Gasteiger partial charge in [-0.15, -0.1) is 0 Å². The topological polar surface area (TPSA) is 62.7 Å². The van der Waals surface area contributed by atoms with Gasteiger partial charge in [-0.1, -0.05) is 11.6 Å². The summed E-state index contributed by atoms with van der Waals surface area (Å²) in [7, 11) is 0. The third kappa shape index (κ3) is 3.22. The Balaban J connectivity index is 2.16. The van der Waals surface area contributed by atoms with E-state index in [9.17, 15) is 9.90 Å². The van der Waals surface area contributed by atoms with Gasteiger partial charge in [0.05, 0.1) is 24.3 Å². The monoisotopic (exact) mass is 298 g/mol. The number of nitrogens with zero attached hydrogens (tertiary/aromatic N) is 2. The summed E-state index contributed by atoms with van der Waals surface area (Å²) in [6.45, 7) is 4.41. The van der Waals surface area contributed by atoms with Crippen molar-refractivity contribution in [2.75, 3.05) is 13.2 Å². The van der Waals surface area contributed by atoms with Crippen molar-refractivity contribution < 1.29 is 14.6 Å². The SMILES string of the molecule is CC(C)Oc1ncc(C(=O)N2CCC[C@@H]2CO)cc1Cl. The standard InChI is InChI=1S/C14H19ClN2O3/c1-9(2)20-13-12(15)6-10(7-16-13)14(19)17-5-3-4-11(17)8-18/h6-7,9,11,18H,3-5,8H2,1-2H3/t11-/m1/s1. The van der Waals surface area contributed by atoms with Gasteiger partial charge < -0.3 is 14.7 Å². The fourth-order valence-electron chi connectivity index (χ4n) is 2.31. The average Bonchev–Trinajstić information content (AvgIpc) is 2.88. The molecule has 5 nitrogen and oxygen atoms in total. The summed E-state index contributed by atoms with van der Waals surface area (Å²) in [4.78, 5) is 18.2. The van der Waals surface area contributed by atoms with Crippen molar-refractivity contribution in [1.29, 1.82) is 0 Å². The molecule has 1 fully saturated rings. The smallest absolute Gasteiger partial charge is 0.255 e. The molecule has 0 radical (unpaired) electrons. The first-order valence-corrected chi connectivity index (χ1v) is 7.14. The number of aromatic nitrogens is 1. The van der Waals surface area contributed by atoms with Gasteiger partial charge in [0.2, 0.25) is 5.88 Å². The van der Waals surface area contributed by atoms with Crippen LogP contribution in [0.5, 0.6) is 5.88 Å². The van der Waals surface area contributed by atoms with Gasteiger partial charge in [0.15, 0.2) is 0 Å². The molecule has 1 aromatic heterocycles. The van der Waals surface area contributed by atoms with Gasteiger partial charge in [-0.05, 0) is 32.8 Å². The minimum Gasteiger partial charge on any atom is -0.474 e.